The third-order valence-electron chi connectivity index (χ3n) is 7.37. The van der Waals surface area contributed by atoms with Gasteiger partial charge in [-0.2, -0.15) is 0 Å². The standard InChI is InChI=1S/C30H29NO3/c32-29(30(33,26-14-6-2-7-15-26)27-16-8-3-9-17-27)34-28-23-31(21-18-25(28)19-22-31)20-10-13-24-11-4-1-5-12-24/h1-9,11-12,14-17,25,28H,18-23H2. The Bertz CT molecular complexity index is 1130. The fourth-order valence-corrected chi connectivity index (χ4v) is 5.38. The quantitative estimate of drug-likeness (QED) is 0.339. The molecule has 0 N–H and O–H groups in total. The van der Waals surface area contributed by atoms with Crippen molar-refractivity contribution in [3.63, 3.8) is 0 Å². The summed E-state index contributed by atoms with van der Waals surface area (Å²) >= 11 is 0. The smallest absolute Gasteiger partial charge is 0.304 e. The van der Waals surface area contributed by atoms with Crippen molar-refractivity contribution in [1.82, 2.24) is 0 Å². The molecule has 0 aliphatic carbocycles. The average Bonchev–Trinajstić information content (AvgIpc) is 2.90. The molecule has 3 fully saturated rings. The van der Waals surface area contributed by atoms with Crippen LogP contribution in [0.5, 0.6) is 0 Å². The van der Waals surface area contributed by atoms with Crippen LogP contribution in [0.25, 0.3) is 0 Å². The number of rotatable bonds is 5. The number of ether oxygens (including phenoxy) is 1. The average molecular weight is 452 g/mol. The van der Waals surface area contributed by atoms with Gasteiger partial charge in [0.05, 0.1) is 13.1 Å². The summed E-state index contributed by atoms with van der Waals surface area (Å²) in [6.07, 6.45) is 1.73. The molecule has 0 saturated carbocycles. The molecule has 3 aromatic rings. The first kappa shape index (κ1) is 22.4. The fourth-order valence-electron chi connectivity index (χ4n) is 5.38. The van der Waals surface area contributed by atoms with Crippen molar-refractivity contribution in [1.29, 1.82) is 0 Å². The third kappa shape index (κ3) is 4.37. The zero-order chi connectivity index (χ0) is 23.4. The van der Waals surface area contributed by atoms with Crippen molar-refractivity contribution in [2.75, 3.05) is 26.2 Å². The van der Waals surface area contributed by atoms with Crippen LogP contribution in [-0.2, 0) is 15.1 Å². The Labute approximate surface area is 201 Å². The molecule has 6 rings (SSSR count). The summed E-state index contributed by atoms with van der Waals surface area (Å²) < 4.78 is 6.90. The molecule has 0 spiro atoms. The summed E-state index contributed by atoms with van der Waals surface area (Å²) in [5.41, 5.74) is -0.264. The minimum Gasteiger partial charge on any atom is -0.834 e. The number of carbonyl (C=O) groups excluding carboxylic acids is 1. The molecule has 2 bridgehead atoms. The van der Waals surface area contributed by atoms with Gasteiger partial charge in [0.1, 0.15) is 13.1 Å². The first-order valence-corrected chi connectivity index (χ1v) is 12.0. The predicted octanol–water partition coefficient (Wildman–Crippen LogP) is 3.49. The van der Waals surface area contributed by atoms with Crippen LogP contribution in [0.1, 0.15) is 29.5 Å². The molecule has 3 heterocycles. The second-order valence-corrected chi connectivity index (χ2v) is 9.49. The first-order chi connectivity index (χ1) is 16.6. The molecule has 3 aliphatic rings. The van der Waals surface area contributed by atoms with E-state index in [0.717, 1.165) is 49.1 Å². The zero-order valence-corrected chi connectivity index (χ0v) is 19.2. The lowest BCUT2D eigenvalue weighted by Gasteiger charge is -2.52. The Morgan fingerprint density at radius 1 is 0.882 bits per heavy atom. The van der Waals surface area contributed by atoms with Gasteiger partial charge in [-0.15, -0.1) is 0 Å². The Hall–Kier alpha value is -3.39. The summed E-state index contributed by atoms with van der Waals surface area (Å²) in [6, 6.07) is 27.7. The van der Waals surface area contributed by atoms with E-state index in [2.05, 4.69) is 11.8 Å². The maximum Gasteiger partial charge on any atom is 0.304 e. The van der Waals surface area contributed by atoms with Crippen molar-refractivity contribution in [3.05, 3.63) is 108 Å². The van der Waals surface area contributed by atoms with Crippen molar-refractivity contribution >= 4 is 5.97 Å². The number of fused-ring (bicyclic) bond motifs is 3. The highest BCUT2D eigenvalue weighted by molar-refractivity contribution is 5.85. The molecular formula is C30H29NO3. The van der Waals surface area contributed by atoms with E-state index in [9.17, 15) is 9.90 Å². The second-order valence-electron chi connectivity index (χ2n) is 9.49. The monoisotopic (exact) mass is 451 g/mol. The number of carbonyl (C=O) groups is 1. The van der Waals surface area contributed by atoms with Gasteiger partial charge in [-0.3, -0.25) is 4.79 Å². The molecule has 1 unspecified atom stereocenters. The van der Waals surface area contributed by atoms with Gasteiger partial charge in [-0.1, -0.05) is 84.8 Å². The second kappa shape index (κ2) is 9.46. The van der Waals surface area contributed by atoms with Gasteiger partial charge in [0.2, 0.25) is 0 Å². The highest BCUT2D eigenvalue weighted by atomic mass is 16.6. The number of benzene rings is 3. The van der Waals surface area contributed by atoms with Gasteiger partial charge in [0.25, 0.3) is 0 Å². The van der Waals surface area contributed by atoms with E-state index in [1.807, 2.05) is 42.5 Å². The number of esters is 1. The number of hydrogen-bond acceptors (Lipinski definition) is 3. The predicted molar refractivity (Wildman–Crippen MR) is 129 cm³/mol. The largest absolute Gasteiger partial charge is 0.834 e. The maximum absolute atomic E-state index is 14.2. The van der Waals surface area contributed by atoms with Crippen molar-refractivity contribution < 1.29 is 19.1 Å². The van der Waals surface area contributed by atoms with Gasteiger partial charge >= 0.3 is 5.97 Å². The Morgan fingerprint density at radius 3 is 1.97 bits per heavy atom. The molecule has 0 aromatic heterocycles. The Balaban J connectivity index is 1.36. The maximum atomic E-state index is 14.2. The summed E-state index contributed by atoms with van der Waals surface area (Å²) in [6.45, 7) is 3.54. The number of nitrogens with zero attached hydrogens (tertiary/aromatic N) is 1. The van der Waals surface area contributed by atoms with Gasteiger partial charge < -0.3 is 14.3 Å². The highest BCUT2D eigenvalue weighted by Gasteiger charge is 2.48. The zero-order valence-electron chi connectivity index (χ0n) is 19.2. The Kier molecular flexibility index (Phi) is 6.24. The molecule has 1 atom stereocenters. The fraction of sp³-hybridized carbons (Fsp3) is 0.300. The van der Waals surface area contributed by atoms with Gasteiger partial charge in [0, 0.05) is 29.9 Å². The summed E-state index contributed by atoms with van der Waals surface area (Å²) in [5.74, 6) is 6.23. The summed E-state index contributed by atoms with van der Waals surface area (Å²) in [4.78, 5) is 13.5. The van der Waals surface area contributed by atoms with Crippen molar-refractivity contribution in [3.8, 4) is 11.8 Å². The SMILES string of the molecule is O=C(OC1C[N+]2(CC#Cc3ccccc3)CCC1CC2)C([O-])(c1ccccc1)c1ccccc1. The van der Waals surface area contributed by atoms with Crippen LogP contribution in [0.4, 0.5) is 0 Å². The van der Waals surface area contributed by atoms with Crippen LogP contribution < -0.4 is 5.11 Å². The van der Waals surface area contributed by atoms with Crippen LogP contribution in [-0.4, -0.2) is 42.7 Å². The molecule has 0 amide bonds. The van der Waals surface area contributed by atoms with E-state index >= 15 is 0 Å². The van der Waals surface area contributed by atoms with E-state index in [0.29, 0.717) is 17.0 Å². The van der Waals surface area contributed by atoms with Crippen molar-refractivity contribution in [2.45, 2.75) is 24.5 Å². The van der Waals surface area contributed by atoms with Crippen LogP contribution >= 0.6 is 0 Å². The number of hydrogen-bond donors (Lipinski definition) is 0. The molecule has 172 valence electrons. The van der Waals surface area contributed by atoms with E-state index in [1.54, 1.807) is 48.5 Å². The van der Waals surface area contributed by atoms with Crippen LogP contribution in [0.15, 0.2) is 91.0 Å². The lowest BCUT2D eigenvalue weighted by molar-refractivity contribution is -0.939. The van der Waals surface area contributed by atoms with Crippen LogP contribution in [0.3, 0.4) is 0 Å². The molecule has 3 aliphatic heterocycles. The van der Waals surface area contributed by atoms with Gasteiger partial charge in [-0.25, -0.2) is 0 Å². The van der Waals surface area contributed by atoms with E-state index in [4.69, 9.17) is 4.74 Å². The molecule has 3 aromatic carbocycles. The molecule has 34 heavy (non-hydrogen) atoms. The number of piperidine rings is 3. The van der Waals surface area contributed by atoms with Crippen LogP contribution in [0, 0.1) is 17.8 Å². The molecule has 3 saturated heterocycles. The van der Waals surface area contributed by atoms with Gasteiger partial charge in [0.15, 0.2) is 6.10 Å². The lowest BCUT2D eigenvalue weighted by Crippen LogP contribution is -2.65. The Morgan fingerprint density at radius 2 is 1.41 bits per heavy atom. The van der Waals surface area contributed by atoms with E-state index in [-0.39, 0.29) is 6.10 Å². The highest BCUT2D eigenvalue weighted by Crippen LogP contribution is 2.37. The summed E-state index contributed by atoms with van der Waals surface area (Å²) in [5, 5.41) is 14.2. The summed E-state index contributed by atoms with van der Waals surface area (Å²) in [7, 11) is 0. The normalized spacial score (nSPS) is 23.6. The van der Waals surface area contributed by atoms with Gasteiger partial charge in [-0.05, 0) is 29.2 Å². The van der Waals surface area contributed by atoms with E-state index in [1.165, 1.54) is 0 Å². The third-order valence-corrected chi connectivity index (χ3v) is 7.37. The lowest BCUT2D eigenvalue weighted by atomic mass is 9.82. The number of quaternary nitrogens is 1. The molecule has 0 radical (unpaired) electrons. The molecule has 4 heteroatoms. The van der Waals surface area contributed by atoms with Crippen molar-refractivity contribution in [2.24, 2.45) is 5.92 Å². The first-order valence-electron chi connectivity index (χ1n) is 12.0. The minimum atomic E-state index is -2.09. The molecule has 4 nitrogen and oxygen atoms in total. The topological polar surface area (TPSA) is 49.4 Å². The molecular weight excluding hydrogens is 422 g/mol. The van der Waals surface area contributed by atoms with E-state index < -0.39 is 11.6 Å². The minimum absolute atomic E-state index is 0.255. The van der Waals surface area contributed by atoms with Crippen LogP contribution in [0.2, 0.25) is 0 Å².